The number of H-pyrrole nitrogens is 1. The molecule has 0 radical (unpaired) electrons. The second kappa shape index (κ2) is 3.06. The van der Waals surface area contributed by atoms with Crippen molar-refractivity contribution in [3.8, 4) is 5.75 Å². The second-order valence-corrected chi connectivity index (χ2v) is 3.29. The molecule has 80 valence electrons. The zero-order valence-electron chi connectivity index (χ0n) is 8.35. The smallest absolute Gasteiger partial charge is 0.270 e. The van der Waals surface area contributed by atoms with Crippen molar-refractivity contribution in [1.82, 2.24) is 15.4 Å². The highest BCUT2D eigenvalue weighted by atomic mass is 16.5. The van der Waals surface area contributed by atoms with Gasteiger partial charge in [-0.3, -0.25) is 9.89 Å². The Labute approximate surface area is 88.8 Å². The molecule has 16 heavy (non-hydrogen) atoms. The fourth-order valence-corrected chi connectivity index (χ4v) is 1.58. The number of hydrogen-bond acceptors (Lipinski definition) is 5. The minimum Gasteiger partial charge on any atom is -0.497 e. The molecule has 1 aromatic carbocycles. The maximum atomic E-state index is 11.9. The van der Waals surface area contributed by atoms with E-state index >= 15 is 0 Å². The number of nitrogens with one attached hydrogen (secondary N) is 1. The highest BCUT2D eigenvalue weighted by Gasteiger charge is 2.10. The molecule has 0 spiro atoms. The SMILES string of the molecule is COc1ccc2c(=O)c3[nH]nnc3oc2c1. The van der Waals surface area contributed by atoms with Gasteiger partial charge in [-0.2, -0.15) is 0 Å². The van der Waals surface area contributed by atoms with Gasteiger partial charge in [0.1, 0.15) is 11.3 Å². The van der Waals surface area contributed by atoms with Crippen LogP contribution in [0.15, 0.2) is 27.4 Å². The fourth-order valence-electron chi connectivity index (χ4n) is 1.58. The van der Waals surface area contributed by atoms with Crippen molar-refractivity contribution < 1.29 is 9.15 Å². The Morgan fingerprint density at radius 2 is 2.31 bits per heavy atom. The third-order valence-electron chi connectivity index (χ3n) is 2.38. The quantitative estimate of drug-likeness (QED) is 0.659. The van der Waals surface area contributed by atoms with E-state index in [0.717, 1.165) is 0 Å². The lowest BCUT2D eigenvalue weighted by molar-refractivity contribution is 0.414. The Morgan fingerprint density at radius 3 is 3.12 bits per heavy atom. The van der Waals surface area contributed by atoms with Gasteiger partial charge >= 0.3 is 0 Å². The number of nitrogens with zero attached hydrogens (tertiary/aromatic N) is 2. The Bertz CT molecular complexity index is 729. The minimum absolute atomic E-state index is 0.177. The molecule has 0 atom stereocenters. The van der Waals surface area contributed by atoms with Crippen molar-refractivity contribution in [2.24, 2.45) is 0 Å². The molecule has 3 rings (SSSR count). The van der Waals surface area contributed by atoms with Gasteiger partial charge in [0.25, 0.3) is 5.71 Å². The molecule has 2 heterocycles. The summed E-state index contributed by atoms with van der Waals surface area (Å²) < 4.78 is 10.5. The summed E-state index contributed by atoms with van der Waals surface area (Å²) in [5, 5.41) is 10.2. The number of benzene rings is 1. The lowest BCUT2D eigenvalue weighted by Crippen LogP contribution is -2.02. The van der Waals surface area contributed by atoms with E-state index in [9.17, 15) is 4.79 Å². The number of aromatic nitrogens is 3. The molecule has 0 aliphatic heterocycles. The van der Waals surface area contributed by atoms with Gasteiger partial charge in [-0.25, -0.2) is 0 Å². The summed E-state index contributed by atoms with van der Waals surface area (Å²) in [6.45, 7) is 0. The summed E-state index contributed by atoms with van der Waals surface area (Å²) in [6, 6.07) is 5.00. The van der Waals surface area contributed by atoms with Crippen LogP contribution in [0.2, 0.25) is 0 Å². The molecule has 0 bridgehead atoms. The molecule has 6 heteroatoms. The summed E-state index contributed by atoms with van der Waals surface area (Å²) in [5.74, 6) is 0.624. The molecule has 1 N–H and O–H groups in total. The average Bonchev–Trinajstić information content (AvgIpc) is 2.77. The number of methoxy groups -OCH3 is 1. The normalized spacial score (nSPS) is 11.1. The first-order valence-corrected chi connectivity index (χ1v) is 4.61. The predicted molar refractivity (Wildman–Crippen MR) is 56.5 cm³/mol. The maximum absolute atomic E-state index is 11.9. The molecule has 0 saturated heterocycles. The summed E-state index contributed by atoms with van der Waals surface area (Å²) in [7, 11) is 1.55. The Hall–Kier alpha value is -2.37. The topological polar surface area (TPSA) is 81.0 Å². The largest absolute Gasteiger partial charge is 0.497 e. The van der Waals surface area contributed by atoms with Gasteiger partial charge < -0.3 is 9.15 Å². The number of fused-ring (bicyclic) bond motifs is 2. The molecule has 0 fully saturated rings. The third-order valence-corrected chi connectivity index (χ3v) is 2.38. The molecule has 0 saturated carbocycles. The zero-order chi connectivity index (χ0) is 11.1. The van der Waals surface area contributed by atoms with Crippen LogP contribution in [0.1, 0.15) is 0 Å². The molecule has 0 amide bonds. The zero-order valence-corrected chi connectivity index (χ0v) is 8.35. The second-order valence-electron chi connectivity index (χ2n) is 3.29. The Balaban J connectivity index is 2.51. The van der Waals surface area contributed by atoms with E-state index in [4.69, 9.17) is 9.15 Å². The molecule has 3 aromatic rings. The van der Waals surface area contributed by atoms with Crippen molar-refractivity contribution in [1.29, 1.82) is 0 Å². The van der Waals surface area contributed by atoms with E-state index in [1.807, 2.05) is 0 Å². The van der Waals surface area contributed by atoms with E-state index in [-0.39, 0.29) is 16.7 Å². The highest BCUT2D eigenvalue weighted by Crippen LogP contribution is 2.20. The number of rotatable bonds is 1. The van der Waals surface area contributed by atoms with Crippen molar-refractivity contribution in [2.45, 2.75) is 0 Å². The lowest BCUT2D eigenvalue weighted by Gasteiger charge is -2.00. The van der Waals surface area contributed by atoms with Crippen LogP contribution in [0.4, 0.5) is 0 Å². The minimum atomic E-state index is -0.177. The van der Waals surface area contributed by atoms with Gasteiger partial charge in [0.2, 0.25) is 5.43 Å². The maximum Gasteiger partial charge on any atom is 0.270 e. The van der Waals surface area contributed by atoms with Crippen molar-refractivity contribution in [2.75, 3.05) is 7.11 Å². The van der Waals surface area contributed by atoms with Gasteiger partial charge in [0, 0.05) is 6.07 Å². The number of aromatic amines is 1. The number of hydrogen-bond donors (Lipinski definition) is 1. The first-order valence-electron chi connectivity index (χ1n) is 4.61. The van der Waals surface area contributed by atoms with Crippen LogP contribution in [0.3, 0.4) is 0 Å². The van der Waals surface area contributed by atoms with Crippen LogP contribution in [-0.4, -0.2) is 22.5 Å². The Morgan fingerprint density at radius 1 is 1.44 bits per heavy atom. The van der Waals surface area contributed by atoms with E-state index in [1.165, 1.54) is 0 Å². The van der Waals surface area contributed by atoms with Crippen LogP contribution < -0.4 is 10.2 Å². The van der Waals surface area contributed by atoms with Crippen LogP contribution in [-0.2, 0) is 0 Å². The molecule has 6 nitrogen and oxygen atoms in total. The van der Waals surface area contributed by atoms with Crippen molar-refractivity contribution in [3.63, 3.8) is 0 Å². The summed E-state index contributed by atoms with van der Waals surface area (Å²) >= 11 is 0. The first-order chi connectivity index (χ1) is 7.79. The molecule has 0 aliphatic rings. The molecule has 0 aliphatic carbocycles. The van der Waals surface area contributed by atoms with Gasteiger partial charge in [0.15, 0.2) is 5.52 Å². The molecular formula is C10H7N3O3. The van der Waals surface area contributed by atoms with E-state index in [1.54, 1.807) is 25.3 Å². The molecular weight excluding hydrogens is 210 g/mol. The van der Waals surface area contributed by atoms with Crippen LogP contribution in [0.25, 0.3) is 22.2 Å². The standard InChI is InChI=1S/C10H7N3O3/c1-15-5-2-3-6-7(4-5)16-10-8(9(6)14)11-13-12-10/h2-4H,1H3,(H,11,12,13). The van der Waals surface area contributed by atoms with Crippen LogP contribution >= 0.6 is 0 Å². The first kappa shape index (κ1) is 8.90. The van der Waals surface area contributed by atoms with E-state index in [0.29, 0.717) is 16.7 Å². The predicted octanol–water partition coefficient (Wildman–Crippen LogP) is 1.07. The van der Waals surface area contributed by atoms with Gasteiger partial charge in [-0.05, 0) is 12.1 Å². The van der Waals surface area contributed by atoms with Gasteiger partial charge in [-0.15, -0.1) is 0 Å². The lowest BCUT2D eigenvalue weighted by atomic mass is 10.2. The summed E-state index contributed by atoms with van der Waals surface area (Å²) in [5.41, 5.74) is 0.734. The summed E-state index contributed by atoms with van der Waals surface area (Å²) in [6.07, 6.45) is 0. The highest BCUT2D eigenvalue weighted by molar-refractivity contribution is 5.86. The summed E-state index contributed by atoms with van der Waals surface area (Å²) in [4.78, 5) is 11.9. The van der Waals surface area contributed by atoms with Gasteiger partial charge in [-0.1, -0.05) is 10.3 Å². The monoisotopic (exact) mass is 217 g/mol. The molecule has 0 unspecified atom stereocenters. The van der Waals surface area contributed by atoms with E-state index in [2.05, 4.69) is 15.4 Å². The fraction of sp³-hybridized carbons (Fsp3) is 0.100. The third kappa shape index (κ3) is 1.10. The average molecular weight is 217 g/mol. The van der Waals surface area contributed by atoms with Crippen LogP contribution in [0.5, 0.6) is 5.75 Å². The molecule has 2 aromatic heterocycles. The Kier molecular flexibility index (Phi) is 1.70. The van der Waals surface area contributed by atoms with Crippen molar-refractivity contribution in [3.05, 3.63) is 28.4 Å². The van der Waals surface area contributed by atoms with Gasteiger partial charge in [0.05, 0.1) is 12.5 Å². The van der Waals surface area contributed by atoms with Crippen LogP contribution in [0, 0.1) is 0 Å². The number of ether oxygens (including phenoxy) is 1. The van der Waals surface area contributed by atoms with E-state index < -0.39 is 0 Å². The van der Waals surface area contributed by atoms with Crippen molar-refractivity contribution >= 4 is 22.2 Å².